The Labute approximate surface area is 135 Å². The van der Waals surface area contributed by atoms with Crippen LogP contribution in [0.1, 0.15) is 30.1 Å². The van der Waals surface area contributed by atoms with Gasteiger partial charge in [0.25, 0.3) is 0 Å². The third-order valence-corrected chi connectivity index (χ3v) is 3.73. The van der Waals surface area contributed by atoms with E-state index in [4.69, 9.17) is 4.74 Å². The summed E-state index contributed by atoms with van der Waals surface area (Å²) in [6, 6.07) is 2.25. The molecule has 1 fully saturated rings. The van der Waals surface area contributed by atoms with Gasteiger partial charge >= 0.3 is 5.97 Å². The Morgan fingerprint density at radius 1 is 1.55 bits per heavy atom. The van der Waals surface area contributed by atoms with Crippen LogP contribution in [0.4, 0.5) is 5.69 Å². The van der Waals surface area contributed by atoms with Gasteiger partial charge in [-0.3, -0.25) is 0 Å². The van der Waals surface area contributed by atoms with Crippen LogP contribution in [0.2, 0.25) is 0 Å². The molecule has 0 spiro atoms. The van der Waals surface area contributed by atoms with Gasteiger partial charge in [-0.2, -0.15) is 0 Å². The number of rotatable bonds is 4. The van der Waals surface area contributed by atoms with Crippen LogP contribution in [-0.2, 0) is 4.74 Å². The first-order valence-corrected chi connectivity index (χ1v) is 7.40. The molecule has 1 aliphatic heterocycles. The normalized spacial score (nSPS) is 17.8. The molecule has 0 amide bonds. The van der Waals surface area contributed by atoms with Crippen LogP contribution < -0.4 is 10.6 Å². The predicted molar refractivity (Wildman–Crippen MR) is 88.8 cm³/mol. The molecule has 2 aromatic heterocycles. The summed E-state index contributed by atoms with van der Waals surface area (Å²) in [5.74, 6) is -0.334. The number of ether oxygens (including phenoxy) is 1. The molecule has 3 N–H and O–H groups in total. The van der Waals surface area contributed by atoms with Crippen molar-refractivity contribution in [1.82, 2.24) is 15.3 Å². The Kier molecular flexibility index (Phi) is 5.63. The molecule has 3 rings (SSSR count). The molecule has 0 saturated carbocycles. The number of anilines is 1. The SMILES string of the molecule is CCOC(=O)c1cnc2[nH]ccc2c1N[C@@H]1CCCNC1.Cl. The fourth-order valence-corrected chi connectivity index (χ4v) is 2.71. The number of nitrogens with one attached hydrogen (secondary N) is 3. The fraction of sp³-hybridized carbons (Fsp3) is 0.467. The highest BCUT2D eigenvalue weighted by atomic mass is 35.5. The van der Waals surface area contributed by atoms with Gasteiger partial charge in [0.05, 0.1) is 12.3 Å². The smallest absolute Gasteiger partial charge is 0.341 e. The Balaban J connectivity index is 0.00000176. The highest BCUT2D eigenvalue weighted by Gasteiger charge is 2.20. The minimum atomic E-state index is -0.334. The first-order chi connectivity index (χ1) is 10.3. The third-order valence-electron chi connectivity index (χ3n) is 3.73. The van der Waals surface area contributed by atoms with E-state index in [0.717, 1.165) is 42.7 Å². The highest BCUT2D eigenvalue weighted by molar-refractivity contribution is 6.04. The highest BCUT2D eigenvalue weighted by Crippen LogP contribution is 2.27. The average molecular weight is 325 g/mol. The van der Waals surface area contributed by atoms with E-state index >= 15 is 0 Å². The van der Waals surface area contributed by atoms with Crippen LogP contribution in [0.5, 0.6) is 0 Å². The molecular formula is C15H21ClN4O2. The Morgan fingerprint density at radius 2 is 2.41 bits per heavy atom. The molecule has 1 atom stereocenters. The van der Waals surface area contributed by atoms with E-state index in [1.807, 2.05) is 12.3 Å². The molecule has 0 radical (unpaired) electrons. The van der Waals surface area contributed by atoms with Crippen molar-refractivity contribution in [2.75, 3.05) is 25.0 Å². The number of esters is 1. The van der Waals surface area contributed by atoms with E-state index in [9.17, 15) is 4.79 Å². The van der Waals surface area contributed by atoms with Crippen LogP contribution in [0, 0.1) is 0 Å². The van der Waals surface area contributed by atoms with Gasteiger partial charge in [0, 0.05) is 30.4 Å². The summed E-state index contributed by atoms with van der Waals surface area (Å²) in [5, 5.41) is 7.79. The van der Waals surface area contributed by atoms with Gasteiger partial charge < -0.3 is 20.4 Å². The number of pyridine rings is 1. The zero-order valence-electron chi connectivity index (χ0n) is 12.5. The number of piperidine rings is 1. The van der Waals surface area contributed by atoms with Crippen LogP contribution in [-0.4, -0.2) is 41.7 Å². The monoisotopic (exact) mass is 324 g/mol. The number of fused-ring (bicyclic) bond motifs is 1. The second-order valence-electron chi connectivity index (χ2n) is 5.19. The first-order valence-electron chi connectivity index (χ1n) is 7.40. The third kappa shape index (κ3) is 3.34. The van der Waals surface area contributed by atoms with E-state index < -0.39 is 0 Å². The van der Waals surface area contributed by atoms with Crippen molar-refractivity contribution in [3.63, 3.8) is 0 Å². The number of carbonyl (C=O) groups excluding carboxylic acids is 1. The van der Waals surface area contributed by atoms with Gasteiger partial charge in [-0.1, -0.05) is 0 Å². The largest absolute Gasteiger partial charge is 0.462 e. The van der Waals surface area contributed by atoms with Crippen molar-refractivity contribution in [2.24, 2.45) is 0 Å². The summed E-state index contributed by atoms with van der Waals surface area (Å²) in [4.78, 5) is 19.5. The predicted octanol–water partition coefficient (Wildman–Crippen LogP) is 2.33. The minimum absolute atomic E-state index is 0. The standard InChI is InChI=1S/C15H20N4O2.ClH/c1-2-21-15(20)12-9-18-14-11(5-7-17-14)13(12)19-10-4-3-6-16-8-10;/h5,7,9-10,16H,2-4,6,8H2,1H3,(H2,17,18,19);1H/t10-;/m1./s1. The molecule has 2 aromatic rings. The van der Waals surface area contributed by atoms with Crippen LogP contribution in [0.3, 0.4) is 0 Å². The maximum atomic E-state index is 12.1. The maximum absolute atomic E-state index is 12.1. The molecule has 0 aliphatic carbocycles. The molecule has 3 heterocycles. The van der Waals surface area contributed by atoms with Crippen molar-refractivity contribution in [3.05, 3.63) is 24.0 Å². The van der Waals surface area contributed by atoms with Gasteiger partial charge in [0.15, 0.2) is 0 Å². The minimum Gasteiger partial charge on any atom is -0.462 e. The lowest BCUT2D eigenvalue weighted by Gasteiger charge is -2.26. The second kappa shape index (κ2) is 7.47. The quantitative estimate of drug-likeness (QED) is 0.752. The van der Waals surface area contributed by atoms with E-state index in [2.05, 4.69) is 20.6 Å². The maximum Gasteiger partial charge on any atom is 0.341 e. The van der Waals surface area contributed by atoms with Crippen molar-refractivity contribution in [2.45, 2.75) is 25.8 Å². The van der Waals surface area contributed by atoms with E-state index in [0.29, 0.717) is 18.2 Å². The topological polar surface area (TPSA) is 79.0 Å². The van der Waals surface area contributed by atoms with E-state index in [1.165, 1.54) is 0 Å². The lowest BCUT2D eigenvalue weighted by molar-refractivity contribution is 0.0527. The van der Waals surface area contributed by atoms with Crippen LogP contribution in [0.15, 0.2) is 18.5 Å². The van der Waals surface area contributed by atoms with Gasteiger partial charge in [-0.05, 0) is 32.4 Å². The van der Waals surface area contributed by atoms with Gasteiger partial charge in [0.2, 0.25) is 0 Å². The van der Waals surface area contributed by atoms with E-state index in [1.54, 1.807) is 13.1 Å². The Hall–Kier alpha value is -1.79. The van der Waals surface area contributed by atoms with Gasteiger partial charge in [-0.15, -0.1) is 12.4 Å². The zero-order chi connectivity index (χ0) is 14.7. The van der Waals surface area contributed by atoms with E-state index in [-0.39, 0.29) is 18.4 Å². The molecule has 1 aliphatic rings. The van der Waals surface area contributed by atoms with Crippen molar-refractivity contribution in [3.8, 4) is 0 Å². The lowest BCUT2D eigenvalue weighted by atomic mass is 10.1. The molecule has 22 heavy (non-hydrogen) atoms. The average Bonchev–Trinajstić information content (AvgIpc) is 2.98. The molecule has 0 unspecified atom stereocenters. The first kappa shape index (κ1) is 16.6. The number of H-pyrrole nitrogens is 1. The zero-order valence-corrected chi connectivity index (χ0v) is 13.3. The molecule has 7 heteroatoms. The van der Waals surface area contributed by atoms with Gasteiger partial charge in [-0.25, -0.2) is 9.78 Å². The van der Waals surface area contributed by atoms with Crippen molar-refractivity contribution in [1.29, 1.82) is 0 Å². The Bertz CT molecular complexity index is 638. The number of aromatic amines is 1. The summed E-state index contributed by atoms with van der Waals surface area (Å²) in [5.41, 5.74) is 2.08. The number of nitrogens with zero attached hydrogens (tertiary/aromatic N) is 1. The number of hydrogen-bond acceptors (Lipinski definition) is 5. The second-order valence-corrected chi connectivity index (χ2v) is 5.19. The number of halogens is 1. The summed E-state index contributed by atoms with van der Waals surface area (Å²) in [6.45, 7) is 4.11. The van der Waals surface area contributed by atoms with Crippen LogP contribution in [0.25, 0.3) is 11.0 Å². The van der Waals surface area contributed by atoms with Crippen molar-refractivity contribution < 1.29 is 9.53 Å². The summed E-state index contributed by atoms with van der Waals surface area (Å²) in [7, 11) is 0. The number of aromatic nitrogens is 2. The molecule has 0 bridgehead atoms. The van der Waals surface area contributed by atoms with Gasteiger partial charge in [0.1, 0.15) is 11.2 Å². The molecular weight excluding hydrogens is 304 g/mol. The Morgan fingerprint density at radius 3 is 3.14 bits per heavy atom. The summed E-state index contributed by atoms with van der Waals surface area (Å²) in [6.07, 6.45) is 5.63. The molecule has 120 valence electrons. The number of hydrogen-bond donors (Lipinski definition) is 3. The summed E-state index contributed by atoms with van der Waals surface area (Å²) < 4.78 is 5.14. The lowest BCUT2D eigenvalue weighted by Crippen LogP contribution is -2.38. The fourth-order valence-electron chi connectivity index (χ4n) is 2.71. The summed E-state index contributed by atoms with van der Waals surface area (Å²) >= 11 is 0. The number of carbonyl (C=O) groups is 1. The molecule has 1 saturated heterocycles. The van der Waals surface area contributed by atoms with Crippen molar-refractivity contribution >= 4 is 35.1 Å². The van der Waals surface area contributed by atoms with Crippen LogP contribution >= 0.6 is 12.4 Å². The molecule has 6 nitrogen and oxygen atoms in total. The molecule has 0 aromatic carbocycles.